The van der Waals surface area contributed by atoms with E-state index in [-0.39, 0.29) is 51.0 Å². The van der Waals surface area contributed by atoms with Gasteiger partial charge < -0.3 is 53.2 Å². The Bertz CT molecular complexity index is 719. The number of hydrogen-bond donors (Lipinski definition) is 0. The Morgan fingerprint density at radius 1 is 0.455 bits per heavy atom. The molecule has 0 bridgehead atoms. The van der Waals surface area contributed by atoms with Crippen LogP contribution in [0.4, 0.5) is 0 Å². The van der Waals surface area contributed by atoms with Gasteiger partial charge in [-0.25, -0.2) is 0 Å². The SMILES string of the molecule is CO[C]1C=C=CC=C1OC.CO[C]1C=C=CC=C1OC.CO[C]1C=C=CC=C1OC.[Bi+2].[Cl-].[Cl-]. The number of hydrogen-bond acceptors (Lipinski definition) is 6. The van der Waals surface area contributed by atoms with E-state index in [9.17, 15) is 0 Å². The van der Waals surface area contributed by atoms with Crippen LogP contribution in [0.3, 0.4) is 0 Å². The number of halogens is 2. The van der Waals surface area contributed by atoms with Crippen LogP contribution in [0.1, 0.15) is 0 Å². The van der Waals surface area contributed by atoms with Crippen LogP contribution in [0.5, 0.6) is 0 Å². The van der Waals surface area contributed by atoms with Crippen LogP contribution in [0.25, 0.3) is 0 Å². The van der Waals surface area contributed by atoms with E-state index in [1.807, 2.05) is 0 Å². The Morgan fingerprint density at radius 3 is 0.848 bits per heavy atom. The molecule has 0 aliphatic heterocycles. The molecule has 3 aliphatic rings. The molecule has 178 valence electrons. The molecule has 0 saturated heterocycles. The van der Waals surface area contributed by atoms with E-state index in [4.69, 9.17) is 28.4 Å². The van der Waals surface area contributed by atoms with Gasteiger partial charge in [0.2, 0.25) is 0 Å². The summed E-state index contributed by atoms with van der Waals surface area (Å²) in [5.74, 6) is 2.21. The predicted octanol–water partition coefficient (Wildman–Crippen LogP) is -2.11. The number of methoxy groups -OCH3 is 6. The van der Waals surface area contributed by atoms with E-state index in [0.29, 0.717) is 18.3 Å². The van der Waals surface area contributed by atoms with Crippen molar-refractivity contribution in [3.63, 3.8) is 0 Å². The van der Waals surface area contributed by atoms with Crippen LogP contribution < -0.4 is 24.8 Å². The summed E-state index contributed by atoms with van der Waals surface area (Å²) in [7, 11) is 9.64. The molecule has 0 saturated carbocycles. The van der Waals surface area contributed by atoms with Gasteiger partial charge in [-0.15, -0.1) is 17.2 Å². The third-order valence-corrected chi connectivity index (χ3v) is 3.68. The van der Waals surface area contributed by atoms with Crippen molar-refractivity contribution in [3.05, 3.63) is 107 Å². The smallest absolute Gasteiger partial charge is 1.00 e. The fourth-order valence-electron chi connectivity index (χ4n) is 2.19. The second kappa shape index (κ2) is 22.3. The Hall–Kier alpha value is -1.48. The van der Waals surface area contributed by atoms with Crippen molar-refractivity contribution in [1.82, 2.24) is 0 Å². The molecule has 0 heterocycles. The summed E-state index contributed by atoms with van der Waals surface area (Å²) in [5.41, 5.74) is 8.64. The van der Waals surface area contributed by atoms with Gasteiger partial charge in [0, 0.05) is 39.6 Å². The molecule has 0 unspecified atom stereocenters. The van der Waals surface area contributed by atoms with Crippen LogP contribution in [0.15, 0.2) is 89.2 Å². The van der Waals surface area contributed by atoms with Crippen molar-refractivity contribution >= 4 is 26.2 Å². The molecule has 3 aliphatic carbocycles. The molecule has 6 radical (unpaired) electrons. The van der Waals surface area contributed by atoms with E-state index in [1.54, 1.807) is 97.3 Å². The number of ether oxygens (including phenoxy) is 6. The zero-order valence-corrected chi connectivity index (χ0v) is 24.3. The zero-order chi connectivity index (χ0) is 22.2. The van der Waals surface area contributed by atoms with Gasteiger partial charge in [0.1, 0.15) is 17.3 Å². The first kappa shape index (κ1) is 36.1. The summed E-state index contributed by atoms with van der Waals surface area (Å²) in [6.07, 6.45) is 18.1. The van der Waals surface area contributed by atoms with Gasteiger partial charge in [0.15, 0.2) is 18.3 Å². The second-order valence-electron chi connectivity index (χ2n) is 5.34. The second-order valence-corrected chi connectivity index (χ2v) is 5.34. The van der Waals surface area contributed by atoms with Gasteiger partial charge in [-0.05, 0) is 36.5 Å². The van der Waals surface area contributed by atoms with Gasteiger partial charge in [-0.2, -0.15) is 0 Å². The molecule has 0 aromatic heterocycles. The van der Waals surface area contributed by atoms with Gasteiger partial charge in [-0.1, -0.05) is 0 Å². The maximum atomic E-state index is 4.99. The fourth-order valence-corrected chi connectivity index (χ4v) is 2.19. The molecular formula is C24H27BiCl2O6. The monoisotopic (exact) mass is 690 g/mol. The Morgan fingerprint density at radius 2 is 0.697 bits per heavy atom. The minimum Gasteiger partial charge on any atom is -1.00 e. The van der Waals surface area contributed by atoms with E-state index < -0.39 is 0 Å². The maximum absolute atomic E-state index is 4.99. The van der Waals surface area contributed by atoms with Crippen molar-refractivity contribution in [1.29, 1.82) is 0 Å². The molecular weight excluding hydrogens is 664 g/mol. The summed E-state index contributed by atoms with van der Waals surface area (Å²) in [5, 5.41) is 0. The van der Waals surface area contributed by atoms with Crippen molar-refractivity contribution in [2.75, 3.05) is 42.7 Å². The minimum atomic E-state index is 0. The fraction of sp³-hybridized carbons (Fsp3) is 0.250. The molecule has 33 heavy (non-hydrogen) atoms. The largest absolute Gasteiger partial charge is 2.00 e. The first-order chi connectivity index (χ1) is 14.6. The van der Waals surface area contributed by atoms with Gasteiger partial charge in [0.25, 0.3) is 0 Å². The Labute approximate surface area is 228 Å². The van der Waals surface area contributed by atoms with Crippen molar-refractivity contribution in [3.8, 4) is 0 Å². The zero-order valence-electron chi connectivity index (χ0n) is 19.3. The van der Waals surface area contributed by atoms with Crippen LogP contribution in [0.2, 0.25) is 0 Å². The molecule has 0 aromatic carbocycles. The van der Waals surface area contributed by atoms with Crippen LogP contribution in [-0.4, -0.2) is 68.9 Å². The molecule has 0 N–H and O–H groups in total. The van der Waals surface area contributed by atoms with Crippen molar-refractivity contribution in [2.45, 2.75) is 0 Å². The van der Waals surface area contributed by atoms with Crippen LogP contribution >= 0.6 is 0 Å². The Balaban J connectivity index is -0.000000391. The van der Waals surface area contributed by atoms with Gasteiger partial charge >= 0.3 is 26.2 Å². The topological polar surface area (TPSA) is 55.4 Å². The average Bonchev–Trinajstić information content (AvgIpc) is 2.84. The first-order valence-electron chi connectivity index (χ1n) is 8.89. The third-order valence-electron chi connectivity index (χ3n) is 3.68. The number of rotatable bonds is 6. The van der Waals surface area contributed by atoms with Crippen LogP contribution in [-0.2, 0) is 28.4 Å². The minimum absolute atomic E-state index is 0. The third kappa shape index (κ3) is 13.1. The first-order valence-corrected chi connectivity index (χ1v) is 8.89. The van der Waals surface area contributed by atoms with E-state index in [2.05, 4.69) is 17.2 Å². The van der Waals surface area contributed by atoms with Gasteiger partial charge in [0.05, 0.1) is 21.3 Å². The maximum Gasteiger partial charge on any atom is 2.00 e. The molecule has 0 aromatic rings. The summed E-state index contributed by atoms with van der Waals surface area (Å²) in [6, 6.07) is 0. The average molecular weight is 691 g/mol. The number of allylic oxidation sites excluding steroid dienone is 3. The van der Waals surface area contributed by atoms with E-state index >= 15 is 0 Å². The van der Waals surface area contributed by atoms with E-state index in [1.165, 1.54) is 0 Å². The summed E-state index contributed by atoms with van der Waals surface area (Å²) < 4.78 is 29.9. The molecule has 0 amide bonds. The molecule has 0 fully saturated rings. The summed E-state index contributed by atoms with van der Waals surface area (Å²) >= 11 is 0. The normalized spacial score (nSPS) is 15.6. The Kier molecular flexibility index (Phi) is 24.4. The van der Waals surface area contributed by atoms with Crippen molar-refractivity contribution in [2.24, 2.45) is 0 Å². The molecule has 0 spiro atoms. The molecule has 3 rings (SSSR count). The summed E-state index contributed by atoms with van der Waals surface area (Å²) in [6.45, 7) is 0. The molecule has 6 nitrogen and oxygen atoms in total. The van der Waals surface area contributed by atoms with E-state index in [0.717, 1.165) is 17.3 Å². The van der Waals surface area contributed by atoms with Gasteiger partial charge in [-0.3, -0.25) is 0 Å². The quantitative estimate of drug-likeness (QED) is 0.235. The molecule has 9 heteroatoms. The summed E-state index contributed by atoms with van der Waals surface area (Å²) in [4.78, 5) is 0. The predicted molar refractivity (Wildman–Crippen MR) is 120 cm³/mol. The standard InChI is InChI=1S/3C8H9O2.Bi.2ClH/c3*1-9-7-5-3-4-6-8(7)10-2;;;/h3*3,5-6H,1-2H3;;2*1H/q;;;+2;;/p-2. The molecule has 0 atom stereocenters. The van der Waals surface area contributed by atoms with Crippen molar-refractivity contribution < 1.29 is 53.2 Å². The van der Waals surface area contributed by atoms with Crippen LogP contribution in [0, 0.1) is 18.3 Å².